The van der Waals surface area contributed by atoms with Crippen molar-refractivity contribution < 1.29 is 0 Å². The van der Waals surface area contributed by atoms with E-state index < -0.39 is 0 Å². The van der Waals surface area contributed by atoms with Gasteiger partial charge in [0.05, 0.1) is 0 Å². The number of benzene rings is 9. The molecule has 9 aromatic carbocycles. The van der Waals surface area contributed by atoms with E-state index in [0.717, 1.165) is 0 Å². The molecule has 0 radical (unpaired) electrons. The molecule has 0 bridgehead atoms. The molecule has 9 rings (SSSR count). The van der Waals surface area contributed by atoms with Gasteiger partial charge in [-0.2, -0.15) is 0 Å². The fraction of sp³-hybridized carbons (Fsp3) is 0. The van der Waals surface area contributed by atoms with E-state index >= 15 is 0 Å². The highest BCUT2D eigenvalue weighted by atomic mass is 14.2. The molecule has 44 heavy (non-hydrogen) atoms. The van der Waals surface area contributed by atoms with Gasteiger partial charge < -0.3 is 0 Å². The van der Waals surface area contributed by atoms with Crippen LogP contribution in [0.2, 0.25) is 0 Å². The first-order valence-corrected chi connectivity index (χ1v) is 15.3. The number of hydrogen-bond donors (Lipinski definition) is 0. The molecule has 0 aliphatic heterocycles. The van der Waals surface area contributed by atoms with E-state index in [-0.39, 0.29) is 0 Å². The highest BCUT2D eigenvalue weighted by Gasteiger charge is 2.17. The molecule has 0 saturated heterocycles. The minimum atomic E-state index is 1.23. The van der Waals surface area contributed by atoms with Crippen molar-refractivity contribution in [2.45, 2.75) is 0 Å². The van der Waals surface area contributed by atoms with Gasteiger partial charge in [0.2, 0.25) is 0 Å². The lowest BCUT2D eigenvalue weighted by molar-refractivity contribution is 1.60. The first-order valence-electron chi connectivity index (χ1n) is 15.3. The molecule has 0 unspecified atom stereocenters. The van der Waals surface area contributed by atoms with Crippen LogP contribution in [0, 0.1) is 0 Å². The maximum atomic E-state index is 2.44. The zero-order valence-electron chi connectivity index (χ0n) is 24.2. The highest BCUT2D eigenvalue weighted by molar-refractivity contribution is 6.34. The molecule has 0 heterocycles. The Labute approximate surface area is 256 Å². The van der Waals surface area contributed by atoms with Crippen LogP contribution in [0.3, 0.4) is 0 Å². The van der Waals surface area contributed by atoms with Crippen LogP contribution in [0.4, 0.5) is 0 Å². The van der Waals surface area contributed by atoms with Gasteiger partial charge in [-0.25, -0.2) is 0 Å². The predicted molar refractivity (Wildman–Crippen MR) is 189 cm³/mol. The smallest absolute Gasteiger partial charge is 0.00259 e. The zero-order chi connectivity index (χ0) is 29.0. The van der Waals surface area contributed by atoms with Crippen LogP contribution in [-0.2, 0) is 0 Å². The third-order valence-corrected chi connectivity index (χ3v) is 9.18. The maximum absolute atomic E-state index is 2.44. The van der Waals surface area contributed by atoms with Crippen LogP contribution in [-0.4, -0.2) is 0 Å². The Bertz CT molecular complexity index is 2290. The molecule has 0 aromatic heterocycles. The summed E-state index contributed by atoms with van der Waals surface area (Å²) >= 11 is 0. The van der Waals surface area contributed by atoms with E-state index in [0.29, 0.717) is 0 Å². The van der Waals surface area contributed by atoms with E-state index in [1.165, 1.54) is 87.6 Å². The lowest BCUT2D eigenvalue weighted by atomic mass is 9.85. The topological polar surface area (TPSA) is 0 Å². The third kappa shape index (κ3) is 3.85. The average molecular weight is 557 g/mol. The van der Waals surface area contributed by atoms with Crippen molar-refractivity contribution >= 4 is 43.1 Å². The Hall–Kier alpha value is -5.72. The molecule has 0 aliphatic carbocycles. The van der Waals surface area contributed by atoms with Gasteiger partial charge in [-0.05, 0) is 112 Å². The molecule has 0 amide bonds. The fourth-order valence-corrected chi connectivity index (χ4v) is 7.25. The molecule has 0 saturated carbocycles. The van der Waals surface area contributed by atoms with Gasteiger partial charge in [0, 0.05) is 0 Å². The Morgan fingerprint density at radius 1 is 0.227 bits per heavy atom. The molecule has 0 spiro atoms. The van der Waals surface area contributed by atoms with Gasteiger partial charge in [0.1, 0.15) is 0 Å². The van der Waals surface area contributed by atoms with Gasteiger partial charge in [0.25, 0.3) is 0 Å². The SMILES string of the molecule is c1ccc(-c2ccccc2-c2cc3cccc4c5cccc6cc(-c7ccccc7-c7ccccc7)cc(c(c2)c34)c65)cc1. The maximum Gasteiger partial charge on any atom is -0.00259 e. The summed E-state index contributed by atoms with van der Waals surface area (Å²) in [5.41, 5.74) is 9.96. The fourth-order valence-electron chi connectivity index (χ4n) is 7.25. The molecule has 0 nitrogen and oxygen atoms in total. The molecule has 204 valence electrons. The molecular weight excluding hydrogens is 528 g/mol. The Balaban J connectivity index is 1.38. The number of rotatable bonds is 4. The van der Waals surface area contributed by atoms with Crippen molar-refractivity contribution in [3.05, 3.63) is 170 Å². The summed E-state index contributed by atoms with van der Waals surface area (Å²) in [4.78, 5) is 0. The van der Waals surface area contributed by atoms with Crippen LogP contribution >= 0.6 is 0 Å². The second-order valence-corrected chi connectivity index (χ2v) is 11.7. The summed E-state index contributed by atoms with van der Waals surface area (Å²) in [6.07, 6.45) is 0. The lowest BCUT2D eigenvalue weighted by Crippen LogP contribution is -1.91. The summed E-state index contributed by atoms with van der Waals surface area (Å²) in [5.74, 6) is 0. The van der Waals surface area contributed by atoms with Gasteiger partial charge in [-0.3, -0.25) is 0 Å². The van der Waals surface area contributed by atoms with Crippen LogP contribution in [0.15, 0.2) is 170 Å². The van der Waals surface area contributed by atoms with Gasteiger partial charge in [-0.15, -0.1) is 0 Å². The van der Waals surface area contributed by atoms with Crippen LogP contribution in [0.1, 0.15) is 0 Å². The molecular formula is C44H28. The highest BCUT2D eigenvalue weighted by Crippen LogP contribution is 2.45. The van der Waals surface area contributed by atoms with E-state index in [1.54, 1.807) is 0 Å². The third-order valence-electron chi connectivity index (χ3n) is 9.18. The van der Waals surface area contributed by atoms with E-state index in [2.05, 4.69) is 170 Å². The number of hydrogen-bond acceptors (Lipinski definition) is 0. The minimum Gasteiger partial charge on any atom is -0.0622 e. The standard InChI is InChI=1S/C44H28/c1-3-13-29(14-4-1)35-19-7-9-21-37(35)33-25-31-17-11-23-39-40-24-12-18-32-26-34(28-42(44(32)40)41(27-33)43(31)39)38-22-10-8-20-36(38)30-15-5-2-6-16-30/h1-28H. The van der Waals surface area contributed by atoms with Crippen molar-refractivity contribution in [3.63, 3.8) is 0 Å². The monoisotopic (exact) mass is 556 g/mol. The second-order valence-electron chi connectivity index (χ2n) is 11.7. The Kier molecular flexibility index (Phi) is 5.61. The molecule has 0 aliphatic rings. The Morgan fingerprint density at radius 3 is 1.00 bits per heavy atom. The predicted octanol–water partition coefficient (Wildman–Crippen LogP) is 12.4. The Morgan fingerprint density at radius 2 is 0.591 bits per heavy atom. The van der Waals surface area contributed by atoms with Crippen molar-refractivity contribution in [1.82, 2.24) is 0 Å². The van der Waals surface area contributed by atoms with Gasteiger partial charge in [0.15, 0.2) is 0 Å². The molecule has 9 aromatic rings. The van der Waals surface area contributed by atoms with Crippen molar-refractivity contribution in [3.8, 4) is 44.5 Å². The van der Waals surface area contributed by atoms with Crippen LogP contribution in [0.5, 0.6) is 0 Å². The van der Waals surface area contributed by atoms with Gasteiger partial charge >= 0.3 is 0 Å². The van der Waals surface area contributed by atoms with E-state index in [9.17, 15) is 0 Å². The summed E-state index contributed by atoms with van der Waals surface area (Å²) < 4.78 is 0. The van der Waals surface area contributed by atoms with Crippen molar-refractivity contribution in [1.29, 1.82) is 0 Å². The molecule has 0 heteroatoms. The lowest BCUT2D eigenvalue weighted by Gasteiger charge is -2.19. The van der Waals surface area contributed by atoms with Crippen molar-refractivity contribution in [2.24, 2.45) is 0 Å². The van der Waals surface area contributed by atoms with Crippen LogP contribution < -0.4 is 0 Å². The normalized spacial score (nSPS) is 11.6. The first kappa shape index (κ1) is 24.8. The quantitative estimate of drug-likeness (QED) is 0.149. The largest absolute Gasteiger partial charge is 0.0622 e. The molecule has 0 fully saturated rings. The molecule has 0 N–H and O–H groups in total. The molecule has 0 atom stereocenters. The first-order chi connectivity index (χ1) is 21.8. The number of fused-ring (bicyclic) bond motifs is 2. The van der Waals surface area contributed by atoms with E-state index in [1.807, 2.05) is 0 Å². The minimum absolute atomic E-state index is 1.23. The summed E-state index contributed by atoms with van der Waals surface area (Å²) in [6.45, 7) is 0. The summed E-state index contributed by atoms with van der Waals surface area (Å²) in [7, 11) is 0. The average Bonchev–Trinajstić information content (AvgIpc) is 3.10. The van der Waals surface area contributed by atoms with Crippen molar-refractivity contribution in [2.75, 3.05) is 0 Å². The van der Waals surface area contributed by atoms with Crippen LogP contribution in [0.25, 0.3) is 87.6 Å². The summed E-state index contributed by atoms with van der Waals surface area (Å²) in [5, 5.41) is 10.5. The van der Waals surface area contributed by atoms with Gasteiger partial charge in [-0.1, -0.05) is 146 Å². The second kappa shape index (κ2) is 9.93. The zero-order valence-corrected chi connectivity index (χ0v) is 24.2. The van der Waals surface area contributed by atoms with E-state index in [4.69, 9.17) is 0 Å². The summed E-state index contributed by atoms with van der Waals surface area (Å²) in [6, 6.07) is 62.2.